The van der Waals surface area contributed by atoms with Crippen LogP contribution in [0.1, 0.15) is 58.7 Å². The quantitative estimate of drug-likeness (QED) is 0.667. The maximum atomic E-state index is 12.4. The number of carbonyl (C=O) groups is 2. The number of carbonyl (C=O) groups excluding carboxylic acids is 2. The predicted molar refractivity (Wildman–Crippen MR) is 95.0 cm³/mol. The third-order valence-electron chi connectivity index (χ3n) is 5.01. The van der Waals surface area contributed by atoms with Crippen LogP contribution in [0.4, 0.5) is 0 Å². The SMILES string of the molecule is Cc1ncsc1C(=O)N[C@@H]1C[C@H](C(=O)NCc2nc(C3CC3)no2)C[C@H]1O. The smallest absolute Gasteiger partial charge is 0.263 e. The molecule has 2 aliphatic rings. The second-order valence-corrected chi connectivity index (χ2v) is 7.98. The minimum absolute atomic E-state index is 0.169. The first kappa shape index (κ1) is 18.1. The minimum atomic E-state index is -0.761. The number of hydrogen-bond acceptors (Lipinski definition) is 8. The van der Waals surface area contributed by atoms with Crippen LogP contribution in [0.2, 0.25) is 0 Å². The lowest BCUT2D eigenvalue weighted by Gasteiger charge is -2.15. The van der Waals surface area contributed by atoms with Gasteiger partial charge in [0.1, 0.15) is 4.88 Å². The summed E-state index contributed by atoms with van der Waals surface area (Å²) in [5.41, 5.74) is 2.27. The van der Waals surface area contributed by atoms with Crippen molar-refractivity contribution in [3.63, 3.8) is 0 Å². The highest BCUT2D eigenvalue weighted by Gasteiger charge is 2.38. The molecule has 4 rings (SSSR count). The molecule has 2 fully saturated rings. The zero-order valence-electron chi connectivity index (χ0n) is 14.8. The van der Waals surface area contributed by atoms with Gasteiger partial charge in [-0.25, -0.2) is 4.98 Å². The average molecular weight is 391 g/mol. The van der Waals surface area contributed by atoms with E-state index in [1.54, 1.807) is 12.4 Å². The Bertz CT molecular complexity index is 846. The van der Waals surface area contributed by atoms with E-state index in [9.17, 15) is 14.7 Å². The maximum absolute atomic E-state index is 12.4. The van der Waals surface area contributed by atoms with Gasteiger partial charge in [-0.15, -0.1) is 11.3 Å². The van der Waals surface area contributed by atoms with E-state index in [0.717, 1.165) is 12.8 Å². The van der Waals surface area contributed by atoms with Crippen molar-refractivity contribution in [3.8, 4) is 0 Å². The molecule has 3 atom stereocenters. The van der Waals surface area contributed by atoms with Crippen LogP contribution in [-0.4, -0.2) is 44.2 Å². The van der Waals surface area contributed by atoms with Gasteiger partial charge in [0.05, 0.1) is 29.9 Å². The van der Waals surface area contributed by atoms with E-state index in [4.69, 9.17) is 4.52 Å². The Kier molecular flexibility index (Phi) is 4.92. The van der Waals surface area contributed by atoms with E-state index >= 15 is 0 Å². The van der Waals surface area contributed by atoms with Crippen molar-refractivity contribution in [2.75, 3.05) is 0 Å². The lowest BCUT2D eigenvalue weighted by Crippen LogP contribution is -2.40. The Morgan fingerprint density at radius 2 is 2.19 bits per heavy atom. The fraction of sp³-hybridized carbons (Fsp3) is 0.588. The molecular formula is C17H21N5O4S. The van der Waals surface area contributed by atoms with E-state index in [2.05, 4.69) is 25.8 Å². The molecule has 0 spiro atoms. The summed E-state index contributed by atoms with van der Waals surface area (Å²) < 4.78 is 5.14. The Morgan fingerprint density at radius 1 is 1.37 bits per heavy atom. The number of thiazole rings is 1. The lowest BCUT2D eigenvalue weighted by atomic mass is 10.1. The number of hydrogen-bond donors (Lipinski definition) is 3. The Hall–Kier alpha value is -2.33. The molecule has 2 aliphatic carbocycles. The Balaban J connectivity index is 1.28. The molecule has 0 bridgehead atoms. The first-order valence-electron chi connectivity index (χ1n) is 9.00. The third kappa shape index (κ3) is 4.01. The molecule has 9 nitrogen and oxygen atoms in total. The minimum Gasteiger partial charge on any atom is -0.391 e. The van der Waals surface area contributed by atoms with E-state index in [-0.39, 0.29) is 24.3 Å². The predicted octanol–water partition coefficient (Wildman–Crippen LogP) is 0.898. The highest BCUT2D eigenvalue weighted by molar-refractivity contribution is 7.11. The largest absolute Gasteiger partial charge is 0.391 e. The normalized spacial score (nSPS) is 24.7. The van der Waals surface area contributed by atoms with Gasteiger partial charge in [0.2, 0.25) is 11.8 Å². The fourth-order valence-corrected chi connectivity index (χ4v) is 4.00. The van der Waals surface area contributed by atoms with Gasteiger partial charge in [-0.3, -0.25) is 9.59 Å². The molecule has 3 N–H and O–H groups in total. The molecule has 2 amide bonds. The van der Waals surface area contributed by atoms with Gasteiger partial charge in [-0.1, -0.05) is 5.16 Å². The number of amides is 2. The van der Waals surface area contributed by atoms with Crippen molar-refractivity contribution < 1.29 is 19.2 Å². The van der Waals surface area contributed by atoms with Crippen LogP contribution < -0.4 is 10.6 Å². The highest BCUT2D eigenvalue weighted by atomic mass is 32.1. The van der Waals surface area contributed by atoms with Crippen LogP contribution in [0, 0.1) is 12.8 Å². The second kappa shape index (κ2) is 7.35. The van der Waals surface area contributed by atoms with Crippen molar-refractivity contribution in [2.24, 2.45) is 5.92 Å². The van der Waals surface area contributed by atoms with Crippen molar-refractivity contribution in [3.05, 3.63) is 27.8 Å². The molecule has 10 heteroatoms. The Morgan fingerprint density at radius 3 is 2.89 bits per heavy atom. The monoisotopic (exact) mass is 391 g/mol. The topological polar surface area (TPSA) is 130 Å². The number of aliphatic hydroxyl groups is 1. The van der Waals surface area contributed by atoms with E-state index in [1.165, 1.54) is 11.3 Å². The van der Waals surface area contributed by atoms with Crippen LogP contribution >= 0.6 is 11.3 Å². The summed E-state index contributed by atoms with van der Waals surface area (Å²) in [6.45, 7) is 1.93. The summed E-state index contributed by atoms with van der Waals surface area (Å²) in [7, 11) is 0. The lowest BCUT2D eigenvalue weighted by molar-refractivity contribution is -0.125. The van der Waals surface area contributed by atoms with Crippen LogP contribution in [0.15, 0.2) is 10.0 Å². The summed E-state index contributed by atoms with van der Waals surface area (Å²) in [5, 5.41) is 19.7. The number of rotatable bonds is 6. The molecule has 0 aliphatic heterocycles. The number of nitrogens with zero attached hydrogens (tertiary/aromatic N) is 3. The molecule has 27 heavy (non-hydrogen) atoms. The fourth-order valence-electron chi connectivity index (χ4n) is 3.29. The van der Waals surface area contributed by atoms with E-state index in [1.807, 2.05) is 0 Å². The number of aryl methyl sites for hydroxylation is 1. The maximum Gasteiger partial charge on any atom is 0.263 e. The summed E-state index contributed by atoms with van der Waals surface area (Å²) >= 11 is 1.26. The molecule has 144 valence electrons. The number of nitrogens with one attached hydrogen (secondary N) is 2. The zero-order valence-corrected chi connectivity index (χ0v) is 15.7. The molecular weight excluding hydrogens is 370 g/mol. The summed E-state index contributed by atoms with van der Waals surface area (Å²) in [6.07, 6.45) is 2.09. The molecule has 2 saturated carbocycles. The first-order valence-corrected chi connectivity index (χ1v) is 9.88. The number of aliphatic hydroxyl groups excluding tert-OH is 1. The van der Waals surface area contributed by atoms with Crippen molar-refractivity contribution in [2.45, 2.75) is 57.2 Å². The standard InChI is InChI=1S/C17H21N5O4S/c1-8-14(27-7-19-8)17(25)20-11-4-10(5-12(11)23)16(24)18-6-13-21-15(22-26-13)9-2-3-9/h7,9-12,23H,2-6H2,1H3,(H,18,24)(H,20,25)/t10-,11+,12+/m0/s1. The van der Waals surface area contributed by atoms with Gasteiger partial charge in [0, 0.05) is 11.8 Å². The zero-order chi connectivity index (χ0) is 19.0. The molecule has 0 saturated heterocycles. The van der Waals surface area contributed by atoms with Crippen LogP contribution in [0.3, 0.4) is 0 Å². The summed E-state index contributed by atoms with van der Waals surface area (Å²) in [5.74, 6) is 0.656. The molecule has 0 aromatic carbocycles. The van der Waals surface area contributed by atoms with Gasteiger partial charge in [-0.2, -0.15) is 4.98 Å². The first-order chi connectivity index (χ1) is 13.0. The van der Waals surface area contributed by atoms with Crippen molar-refractivity contribution in [1.82, 2.24) is 25.8 Å². The summed E-state index contributed by atoms with van der Waals surface area (Å²) in [4.78, 5) is 33.6. The van der Waals surface area contributed by atoms with Gasteiger partial charge in [-0.05, 0) is 32.6 Å². The molecule has 2 aromatic heterocycles. The van der Waals surface area contributed by atoms with Crippen molar-refractivity contribution >= 4 is 23.2 Å². The molecule has 0 unspecified atom stereocenters. The van der Waals surface area contributed by atoms with Gasteiger partial charge in [0.25, 0.3) is 5.91 Å². The number of aromatic nitrogens is 3. The van der Waals surface area contributed by atoms with Crippen LogP contribution in [0.5, 0.6) is 0 Å². The third-order valence-corrected chi connectivity index (χ3v) is 5.94. The van der Waals surface area contributed by atoms with Crippen LogP contribution in [0.25, 0.3) is 0 Å². The highest BCUT2D eigenvalue weighted by Crippen LogP contribution is 2.38. The second-order valence-electron chi connectivity index (χ2n) is 7.12. The average Bonchev–Trinajstić information content (AvgIpc) is 3.05. The molecule has 0 radical (unpaired) electrons. The van der Waals surface area contributed by atoms with Gasteiger partial charge >= 0.3 is 0 Å². The van der Waals surface area contributed by atoms with Gasteiger partial charge < -0.3 is 20.3 Å². The van der Waals surface area contributed by atoms with Crippen LogP contribution in [-0.2, 0) is 11.3 Å². The summed E-state index contributed by atoms with van der Waals surface area (Å²) in [6, 6.07) is -0.459. The molecule has 2 heterocycles. The van der Waals surface area contributed by atoms with Crippen molar-refractivity contribution in [1.29, 1.82) is 0 Å². The molecule has 2 aromatic rings. The van der Waals surface area contributed by atoms with E-state index in [0.29, 0.717) is 41.0 Å². The van der Waals surface area contributed by atoms with E-state index < -0.39 is 12.1 Å². The Labute approximate surface area is 159 Å². The van der Waals surface area contributed by atoms with Gasteiger partial charge in [0.15, 0.2) is 5.82 Å².